The first-order chi connectivity index (χ1) is 6.69. The third kappa shape index (κ3) is 24.8. The van der Waals surface area contributed by atoms with Gasteiger partial charge in [0.05, 0.1) is 5.75 Å². The summed E-state index contributed by atoms with van der Waals surface area (Å²) >= 11 is 0. The molecule has 0 radical (unpaired) electrons. The molecule has 0 aliphatic heterocycles. The third-order valence-corrected chi connectivity index (χ3v) is 2.23. The Balaban J connectivity index is 0. The zero-order valence-corrected chi connectivity index (χ0v) is 11.3. The van der Waals surface area contributed by atoms with Gasteiger partial charge in [-0.1, -0.05) is 41.0 Å². The molecule has 5 heteroatoms. The third-order valence-electron chi connectivity index (χ3n) is 1.42. The molecule has 15 heavy (non-hydrogen) atoms. The molecule has 0 unspecified atom stereocenters. The van der Waals surface area contributed by atoms with Gasteiger partial charge in [-0.25, -0.2) is 0 Å². The summed E-state index contributed by atoms with van der Waals surface area (Å²) < 4.78 is 28.0. The first-order valence-electron chi connectivity index (χ1n) is 5.40. The van der Waals surface area contributed by atoms with Crippen molar-refractivity contribution in [3.05, 3.63) is 0 Å². The second-order valence-corrected chi connectivity index (χ2v) is 5.69. The van der Waals surface area contributed by atoms with E-state index in [1.807, 2.05) is 6.92 Å². The molecular weight excluding hydrogens is 214 g/mol. The van der Waals surface area contributed by atoms with E-state index in [9.17, 15) is 8.42 Å². The largest absolute Gasteiger partial charge is 0.312 e. The summed E-state index contributed by atoms with van der Waals surface area (Å²) in [5.41, 5.74) is 0. The quantitative estimate of drug-likeness (QED) is 0.721. The SMILES string of the molecule is CC(C)NC(C)C.CCCCS(=O)(=O)O. The standard InChI is InChI=1S/C6H15N.C4H10O3S/c1-5(2)7-6(3)4;1-2-3-4-8(5,6)7/h5-7H,1-4H3;2-4H2,1H3,(H,5,6,7). The number of rotatable bonds is 5. The van der Waals surface area contributed by atoms with E-state index < -0.39 is 10.1 Å². The highest BCUT2D eigenvalue weighted by molar-refractivity contribution is 7.85. The Bertz CT molecular complexity index is 217. The molecule has 0 saturated heterocycles. The summed E-state index contributed by atoms with van der Waals surface area (Å²) in [6, 6.07) is 1.25. The van der Waals surface area contributed by atoms with E-state index >= 15 is 0 Å². The summed E-state index contributed by atoms with van der Waals surface area (Å²) in [6.07, 6.45) is 1.33. The van der Waals surface area contributed by atoms with Crippen molar-refractivity contribution in [1.29, 1.82) is 0 Å². The number of hydrogen-bond donors (Lipinski definition) is 2. The fraction of sp³-hybridized carbons (Fsp3) is 1.00. The zero-order valence-electron chi connectivity index (χ0n) is 10.4. The van der Waals surface area contributed by atoms with E-state index in [1.54, 1.807) is 0 Å². The second-order valence-electron chi connectivity index (χ2n) is 4.12. The van der Waals surface area contributed by atoms with Crippen LogP contribution in [0.25, 0.3) is 0 Å². The smallest absolute Gasteiger partial charge is 0.264 e. The molecule has 0 heterocycles. The molecule has 2 N–H and O–H groups in total. The van der Waals surface area contributed by atoms with Crippen LogP contribution in [0.5, 0.6) is 0 Å². The lowest BCUT2D eigenvalue weighted by Gasteiger charge is -2.10. The normalized spacial score (nSPS) is 11.5. The minimum atomic E-state index is -3.69. The molecule has 4 nitrogen and oxygen atoms in total. The second kappa shape index (κ2) is 9.12. The van der Waals surface area contributed by atoms with Gasteiger partial charge in [-0.05, 0) is 6.42 Å². The van der Waals surface area contributed by atoms with Crippen LogP contribution in [-0.4, -0.2) is 30.8 Å². The van der Waals surface area contributed by atoms with Gasteiger partial charge in [-0.3, -0.25) is 4.55 Å². The molecule has 0 amide bonds. The van der Waals surface area contributed by atoms with Gasteiger partial charge >= 0.3 is 0 Å². The van der Waals surface area contributed by atoms with Crippen LogP contribution in [0.3, 0.4) is 0 Å². The van der Waals surface area contributed by atoms with Crippen molar-refractivity contribution in [3.8, 4) is 0 Å². The minimum absolute atomic E-state index is 0.108. The lowest BCUT2D eigenvalue weighted by atomic mass is 10.3. The van der Waals surface area contributed by atoms with Crippen LogP contribution in [0, 0.1) is 0 Å². The van der Waals surface area contributed by atoms with Crippen LogP contribution in [-0.2, 0) is 10.1 Å². The highest BCUT2D eigenvalue weighted by atomic mass is 32.2. The predicted molar refractivity (Wildman–Crippen MR) is 64.7 cm³/mol. The van der Waals surface area contributed by atoms with Gasteiger partial charge in [0, 0.05) is 12.1 Å². The van der Waals surface area contributed by atoms with Crippen molar-refractivity contribution < 1.29 is 13.0 Å². The summed E-state index contributed by atoms with van der Waals surface area (Å²) in [4.78, 5) is 0. The Morgan fingerprint density at radius 2 is 1.53 bits per heavy atom. The first kappa shape index (κ1) is 17.3. The van der Waals surface area contributed by atoms with Crippen molar-refractivity contribution >= 4 is 10.1 Å². The van der Waals surface area contributed by atoms with E-state index in [1.165, 1.54) is 0 Å². The molecule has 94 valence electrons. The van der Waals surface area contributed by atoms with Crippen LogP contribution in [0.2, 0.25) is 0 Å². The maximum absolute atomic E-state index is 9.95. The minimum Gasteiger partial charge on any atom is -0.312 e. The molecule has 0 aliphatic rings. The Hall–Kier alpha value is -0.130. The lowest BCUT2D eigenvalue weighted by molar-refractivity contribution is 0.480. The molecule has 0 aliphatic carbocycles. The van der Waals surface area contributed by atoms with E-state index in [0.29, 0.717) is 18.5 Å². The van der Waals surface area contributed by atoms with Crippen molar-refractivity contribution in [2.75, 3.05) is 5.75 Å². The Morgan fingerprint density at radius 1 is 1.13 bits per heavy atom. The van der Waals surface area contributed by atoms with Gasteiger partial charge in [0.25, 0.3) is 10.1 Å². The fourth-order valence-electron chi connectivity index (χ4n) is 0.993. The van der Waals surface area contributed by atoms with Crippen molar-refractivity contribution in [3.63, 3.8) is 0 Å². The molecule has 0 bridgehead atoms. The van der Waals surface area contributed by atoms with Crippen LogP contribution in [0.4, 0.5) is 0 Å². The van der Waals surface area contributed by atoms with Gasteiger partial charge in [0.15, 0.2) is 0 Å². The zero-order chi connectivity index (χ0) is 12.5. The van der Waals surface area contributed by atoms with Crippen LogP contribution >= 0.6 is 0 Å². The number of hydrogen-bond acceptors (Lipinski definition) is 3. The van der Waals surface area contributed by atoms with E-state index in [2.05, 4.69) is 33.0 Å². The predicted octanol–water partition coefficient (Wildman–Crippen LogP) is 2.07. The summed E-state index contributed by atoms with van der Waals surface area (Å²) in [5, 5.41) is 3.31. The maximum atomic E-state index is 9.95. The highest BCUT2D eigenvalue weighted by Gasteiger charge is 2.00. The summed E-state index contributed by atoms with van der Waals surface area (Å²) in [7, 11) is -3.69. The van der Waals surface area contributed by atoms with E-state index in [0.717, 1.165) is 6.42 Å². The molecule has 0 aromatic rings. The summed E-state index contributed by atoms with van der Waals surface area (Å²) in [5.74, 6) is -0.108. The fourth-order valence-corrected chi connectivity index (χ4v) is 1.65. The number of unbranched alkanes of at least 4 members (excludes halogenated alkanes) is 1. The molecule has 0 atom stereocenters. The van der Waals surface area contributed by atoms with Crippen molar-refractivity contribution in [2.45, 2.75) is 59.5 Å². The first-order valence-corrected chi connectivity index (χ1v) is 7.01. The maximum Gasteiger partial charge on any atom is 0.264 e. The molecule has 0 aromatic heterocycles. The highest BCUT2D eigenvalue weighted by Crippen LogP contribution is 1.90. The van der Waals surface area contributed by atoms with Crippen LogP contribution < -0.4 is 5.32 Å². The van der Waals surface area contributed by atoms with Gasteiger partial charge < -0.3 is 5.32 Å². The van der Waals surface area contributed by atoms with Gasteiger partial charge in [-0.15, -0.1) is 0 Å². The number of nitrogens with one attached hydrogen (secondary N) is 1. The topological polar surface area (TPSA) is 66.4 Å². The summed E-state index contributed by atoms with van der Waals surface area (Å²) in [6.45, 7) is 10.5. The Labute approximate surface area is 94.2 Å². The molecule has 0 saturated carbocycles. The average molecular weight is 239 g/mol. The monoisotopic (exact) mass is 239 g/mol. The average Bonchev–Trinajstić information content (AvgIpc) is 1.97. The lowest BCUT2D eigenvalue weighted by Crippen LogP contribution is -2.29. The van der Waals surface area contributed by atoms with Crippen molar-refractivity contribution in [2.24, 2.45) is 0 Å². The molecular formula is C10H25NO3S. The Morgan fingerprint density at radius 3 is 1.60 bits per heavy atom. The molecule has 0 fully saturated rings. The van der Waals surface area contributed by atoms with Crippen LogP contribution in [0.1, 0.15) is 47.5 Å². The Kier molecular flexibility index (Phi) is 10.5. The van der Waals surface area contributed by atoms with E-state index in [4.69, 9.17) is 4.55 Å². The van der Waals surface area contributed by atoms with Gasteiger partial charge in [-0.2, -0.15) is 8.42 Å². The molecule has 0 rings (SSSR count). The van der Waals surface area contributed by atoms with Gasteiger partial charge in [0.1, 0.15) is 0 Å². The van der Waals surface area contributed by atoms with E-state index in [-0.39, 0.29) is 5.75 Å². The van der Waals surface area contributed by atoms with Crippen LogP contribution in [0.15, 0.2) is 0 Å². The molecule has 0 spiro atoms. The molecule has 0 aromatic carbocycles. The van der Waals surface area contributed by atoms with Crippen molar-refractivity contribution in [1.82, 2.24) is 5.32 Å². The van der Waals surface area contributed by atoms with Gasteiger partial charge in [0.2, 0.25) is 0 Å².